The van der Waals surface area contributed by atoms with E-state index in [0.717, 1.165) is 64.6 Å². The summed E-state index contributed by atoms with van der Waals surface area (Å²) in [6.45, 7) is 3.02. The normalized spacial score (nSPS) is 19.9. The second-order valence-electron chi connectivity index (χ2n) is 9.39. The lowest BCUT2D eigenvalue weighted by molar-refractivity contribution is -0.147. The summed E-state index contributed by atoms with van der Waals surface area (Å²) in [5.74, 6) is 0.773. The highest BCUT2D eigenvalue weighted by Crippen LogP contribution is 2.38. The lowest BCUT2D eigenvalue weighted by atomic mass is 9.78. The van der Waals surface area contributed by atoms with Gasteiger partial charge in [0.05, 0.1) is 5.60 Å². The van der Waals surface area contributed by atoms with Crippen molar-refractivity contribution in [2.75, 3.05) is 26.2 Å². The molecular formula is C27H35N3O3. The second kappa shape index (κ2) is 11.4. The third-order valence-corrected chi connectivity index (χ3v) is 7.10. The Morgan fingerprint density at radius 2 is 1.85 bits per heavy atom. The van der Waals surface area contributed by atoms with Gasteiger partial charge in [-0.05, 0) is 68.6 Å². The van der Waals surface area contributed by atoms with Crippen LogP contribution in [0.4, 0.5) is 0 Å². The topological polar surface area (TPSA) is 71.5 Å². The van der Waals surface area contributed by atoms with Gasteiger partial charge in [-0.3, -0.25) is 14.6 Å². The number of hydrogen-bond donors (Lipinski definition) is 1. The van der Waals surface area contributed by atoms with E-state index in [9.17, 15) is 9.59 Å². The van der Waals surface area contributed by atoms with Crippen LogP contribution in [0.25, 0.3) is 0 Å². The Morgan fingerprint density at radius 1 is 1.09 bits per heavy atom. The third kappa shape index (κ3) is 6.64. The minimum atomic E-state index is -0.0984. The first kappa shape index (κ1) is 23.4. The zero-order chi connectivity index (χ0) is 22.9. The maximum Gasteiger partial charge on any atom is 0.251 e. The number of amides is 2. The molecule has 2 aliphatic rings. The van der Waals surface area contributed by atoms with E-state index in [1.165, 1.54) is 5.56 Å². The van der Waals surface area contributed by atoms with Gasteiger partial charge in [-0.25, -0.2) is 0 Å². The van der Waals surface area contributed by atoms with E-state index in [1.807, 2.05) is 23.1 Å². The number of hydrogen-bond acceptors (Lipinski definition) is 4. The van der Waals surface area contributed by atoms with Crippen molar-refractivity contribution in [3.05, 3.63) is 66.0 Å². The average molecular weight is 450 g/mol. The van der Waals surface area contributed by atoms with Crippen molar-refractivity contribution in [1.29, 1.82) is 0 Å². The first-order valence-corrected chi connectivity index (χ1v) is 12.3. The van der Waals surface area contributed by atoms with Crippen LogP contribution in [0, 0.1) is 5.92 Å². The molecule has 1 aromatic carbocycles. The van der Waals surface area contributed by atoms with Crippen LogP contribution < -0.4 is 5.32 Å². The van der Waals surface area contributed by atoms with Crippen molar-refractivity contribution >= 4 is 11.8 Å². The van der Waals surface area contributed by atoms with Crippen LogP contribution in [0.5, 0.6) is 0 Å². The summed E-state index contributed by atoms with van der Waals surface area (Å²) in [4.78, 5) is 30.9. The van der Waals surface area contributed by atoms with Gasteiger partial charge in [-0.1, -0.05) is 30.3 Å². The number of aromatic nitrogens is 1. The monoisotopic (exact) mass is 449 g/mol. The molecule has 0 radical (unpaired) electrons. The number of rotatable bonds is 8. The Balaban J connectivity index is 1.17. The SMILES string of the molecule is O=C(NCCC1CCOC2(CCN(C(=O)CCCc3ccccc3)CC2)C1)c1ccncc1. The quantitative estimate of drug-likeness (QED) is 0.661. The van der Waals surface area contributed by atoms with Gasteiger partial charge in [-0.15, -0.1) is 0 Å². The number of nitrogens with zero attached hydrogens (tertiary/aromatic N) is 2. The van der Waals surface area contributed by atoms with E-state index in [0.29, 0.717) is 24.4 Å². The summed E-state index contributed by atoms with van der Waals surface area (Å²) >= 11 is 0. The Bertz CT molecular complexity index is 895. The molecule has 2 aromatic rings. The molecule has 1 spiro atoms. The van der Waals surface area contributed by atoms with Gasteiger partial charge in [0.1, 0.15) is 0 Å². The Morgan fingerprint density at radius 3 is 2.61 bits per heavy atom. The van der Waals surface area contributed by atoms with Gasteiger partial charge in [0.25, 0.3) is 5.91 Å². The number of pyridine rings is 1. The largest absolute Gasteiger partial charge is 0.375 e. The molecule has 6 nitrogen and oxygen atoms in total. The van der Waals surface area contributed by atoms with Crippen LogP contribution in [0.3, 0.4) is 0 Å². The van der Waals surface area contributed by atoms with Crippen LogP contribution in [0.1, 0.15) is 60.9 Å². The Hall–Kier alpha value is -2.73. The first-order valence-electron chi connectivity index (χ1n) is 12.3. The zero-order valence-electron chi connectivity index (χ0n) is 19.4. The zero-order valence-corrected chi connectivity index (χ0v) is 19.4. The van der Waals surface area contributed by atoms with Crippen molar-refractivity contribution in [3.8, 4) is 0 Å². The van der Waals surface area contributed by atoms with Crippen LogP contribution in [0.15, 0.2) is 54.9 Å². The number of nitrogens with one attached hydrogen (secondary N) is 1. The van der Waals surface area contributed by atoms with E-state index in [-0.39, 0.29) is 17.4 Å². The van der Waals surface area contributed by atoms with Gasteiger partial charge in [0.2, 0.25) is 5.91 Å². The highest BCUT2D eigenvalue weighted by molar-refractivity contribution is 5.93. The van der Waals surface area contributed by atoms with E-state index in [1.54, 1.807) is 24.5 Å². The van der Waals surface area contributed by atoms with Gasteiger partial charge in [-0.2, -0.15) is 0 Å². The summed E-state index contributed by atoms with van der Waals surface area (Å²) in [5.41, 5.74) is 1.84. The molecule has 0 saturated carbocycles. The molecule has 33 heavy (non-hydrogen) atoms. The number of likely N-dealkylation sites (tertiary alicyclic amines) is 1. The van der Waals surface area contributed by atoms with E-state index in [2.05, 4.69) is 22.4 Å². The lowest BCUT2D eigenvalue weighted by Crippen LogP contribution is -2.51. The molecule has 1 unspecified atom stereocenters. The fourth-order valence-corrected chi connectivity index (χ4v) is 5.13. The lowest BCUT2D eigenvalue weighted by Gasteiger charge is -2.46. The van der Waals surface area contributed by atoms with E-state index >= 15 is 0 Å². The predicted molar refractivity (Wildman–Crippen MR) is 128 cm³/mol. The van der Waals surface area contributed by atoms with Crippen LogP contribution >= 0.6 is 0 Å². The standard InChI is InChI=1S/C27H35N3O3/c31-25(8-4-7-22-5-2-1-3-6-22)30-18-13-27(14-19-30)21-23(12-20-33-27)9-17-29-26(32)24-10-15-28-16-11-24/h1-3,5-6,10-11,15-16,23H,4,7-9,12-14,17-21H2,(H,29,32). The molecule has 1 N–H and O–H groups in total. The number of piperidine rings is 1. The number of aryl methyl sites for hydroxylation is 1. The minimum Gasteiger partial charge on any atom is -0.375 e. The minimum absolute atomic E-state index is 0.0433. The number of carbonyl (C=O) groups excluding carboxylic acids is 2. The summed E-state index contributed by atoms with van der Waals surface area (Å²) in [7, 11) is 0. The Kier molecular flexibility index (Phi) is 8.10. The van der Waals surface area contributed by atoms with Crippen LogP contribution in [-0.2, 0) is 16.0 Å². The third-order valence-electron chi connectivity index (χ3n) is 7.10. The van der Waals surface area contributed by atoms with Crippen molar-refractivity contribution in [3.63, 3.8) is 0 Å². The highest BCUT2D eigenvalue weighted by atomic mass is 16.5. The smallest absolute Gasteiger partial charge is 0.251 e. The Labute approximate surface area is 196 Å². The molecule has 1 aromatic heterocycles. The molecule has 0 bridgehead atoms. The van der Waals surface area contributed by atoms with E-state index in [4.69, 9.17) is 4.74 Å². The molecule has 2 fully saturated rings. The maximum absolute atomic E-state index is 12.7. The van der Waals surface area contributed by atoms with Crippen LogP contribution in [-0.4, -0.2) is 53.5 Å². The summed E-state index contributed by atoms with van der Waals surface area (Å²) in [6, 6.07) is 13.8. The fraction of sp³-hybridized carbons (Fsp3) is 0.519. The van der Waals surface area contributed by atoms with Gasteiger partial charge >= 0.3 is 0 Å². The van der Waals surface area contributed by atoms with Crippen molar-refractivity contribution < 1.29 is 14.3 Å². The van der Waals surface area contributed by atoms with Gasteiger partial charge < -0.3 is 15.0 Å². The fourth-order valence-electron chi connectivity index (χ4n) is 5.13. The molecule has 3 heterocycles. The molecule has 2 saturated heterocycles. The van der Waals surface area contributed by atoms with Crippen LogP contribution in [0.2, 0.25) is 0 Å². The predicted octanol–water partition coefficient (Wildman–Crippen LogP) is 4.01. The highest BCUT2D eigenvalue weighted by Gasteiger charge is 2.40. The molecule has 1 atom stereocenters. The molecular weight excluding hydrogens is 414 g/mol. The van der Waals surface area contributed by atoms with Crippen molar-refractivity contribution in [1.82, 2.24) is 15.2 Å². The average Bonchev–Trinajstić information content (AvgIpc) is 2.86. The van der Waals surface area contributed by atoms with Crippen molar-refractivity contribution in [2.45, 2.75) is 57.0 Å². The number of ether oxygens (including phenoxy) is 1. The summed E-state index contributed by atoms with van der Waals surface area (Å²) < 4.78 is 6.27. The molecule has 6 heteroatoms. The maximum atomic E-state index is 12.7. The van der Waals surface area contributed by atoms with Gasteiger partial charge in [0, 0.05) is 50.6 Å². The van der Waals surface area contributed by atoms with Gasteiger partial charge in [0.15, 0.2) is 0 Å². The second-order valence-corrected chi connectivity index (χ2v) is 9.39. The molecule has 2 aliphatic heterocycles. The molecule has 4 rings (SSSR count). The number of benzene rings is 1. The first-order chi connectivity index (χ1) is 16.1. The molecule has 176 valence electrons. The van der Waals surface area contributed by atoms with E-state index < -0.39 is 0 Å². The van der Waals surface area contributed by atoms with Crippen molar-refractivity contribution in [2.24, 2.45) is 5.92 Å². The summed E-state index contributed by atoms with van der Waals surface area (Å²) in [6.07, 6.45) is 10.6. The molecule has 2 amide bonds. The molecule has 0 aliphatic carbocycles. The summed E-state index contributed by atoms with van der Waals surface area (Å²) in [5, 5.41) is 3.03. The number of carbonyl (C=O) groups is 2.